The molecular weight excluding hydrogens is 425 g/mol. The molecule has 19 heavy (non-hydrogen) atoms. The Morgan fingerprint density at radius 3 is 2.26 bits per heavy atom. The van der Waals surface area contributed by atoms with Crippen LogP contribution in [0.5, 0.6) is 5.75 Å². The van der Waals surface area contributed by atoms with Crippen LogP contribution in [0.4, 0.5) is 0 Å². The van der Waals surface area contributed by atoms with E-state index in [0.717, 1.165) is 12.8 Å². The summed E-state index contributed by atoms with van der Waals surface area (Å²) in [5, 5.41) is 0. The predicted octanol–water partition coefficient (Wildman–Crippen LogP) is 4.59. The summed E-state index contributed by atoms with van der Waals surface area (Å²) in [5.41, 5.74) is 0.393. The van der Waals surface area contributed by atoms with Crippen molar-refractivity contribution in [3.63, 3.8) is 0 Å². The van der Waals surface area contributed by atoms with Gasteiger partial charge in [0.25, 0.3) is 0 Å². The van der Waals surface area contributed by atoms with Gasteiger partial charge < -0.3 is 4.74 Å². The van der Waals surface area contributed by atoms with Crippen molar-refractivity contribution < 1.29 is 37.2 Å². The topological polar surface area (TPSA) is 26.3 Å². The van der Waals surface area contributed by atoms with Crippen LogP contribution in [0.1, 0.15) is 52.9 Å². The number of hydrogen-bond donors (Lipinski definition) is 0. The first kappa shape index (κ1) is 18.6. The van der Waals surface area contributed by atoms with E-state index in [1.54, 1.807) is 12.1 Å². The minimum Gasteiger partial charge on any atom is -0.427 e. The van der Waals surface area contributed by atoms with Crippen molar-refractivity contribution in [2.24, 2.45) is 5.41 Å². The molecule has 2 nitrogen and oxygen atoms in total. The van der Waals surface area contributed by atoms with Crippen molar-refractivity contribution in [1.29, 1.82) is 0 Å². The van der Waals surface area contributed by atoms with Gasteiger partial charge in [-0.1, -0.05) is 51.8 Å². The van der Waals surface area contributed by atoms with Crippen LogP contribution in [0.3, 0.4) is 0 Å². The summed E-state index contributed by atoms with van der Waals surface area (Å²) >= 11 is 0. The molecule has 1 aromatic carbocycles. The maximum atomic E-state index is 11.6. The number of unbranched alkanes of at least 4 members (excludes halogenated alkanes) is 2. The first-order valence-corrected chi connectivity index (χ1v) is 6.73. The minimum atomic E-state index is -0.128. The van der Waals surface area contributed by atoms with Gasteiger partial charge in [-0.25, -0.2) is 0 Å². The SMILES string of the molecule is CC(C)(C)CCCCCC(=O)Oc1ccccc1.[Hg]. The molecule has 102 valence electrons. The van der Waals surface area contributed by atoms with E-state index in [2.05, 4.69) is 20.8 Å². The number of carbonyl (C=O) groups excluding carboxylic acids is 1. The standard InChI is InChI=1S/C16H24O2.Hg/c1-16(2,3)13-9-5-8-12-15(17)18-14-10-6-4-7-11-14;/h4,6-7,10-11H,5,8-9,12-13H2,1-3H3;. The zero-order chi connectivity index (χ0) is 13.4. The average molecular weight is 449 g/mol. The van der Waals surface area contributed by atoms with Gasteiger partial charge in [0.05, 0.1) is 0 Å². The van der Waals surface area contributed by atoms with E-state index in [0.29, 0.717) is 17.6 Å². The van der Waals surface area contributed by atoms with Gasteiger partial charge in [0.15, 0.2) is 0 Å². The maximum absolute atomic E-state index is 11.6. The van der Waals surface area contributed by atoms with Gasteiger partial charge in [-0.3, -0.25) is 4.79 Å². The summed E-state index contributed by atoms with van der Waals surface area (Å²) in [5.74, 6) is 0.508. The Morgan fingerprint density at radius 2 is 1.68 bits per heavy atom. The molecule has 0 fully saturated rings. The van der Waals surface area contributed by atoms with Crippen molar-refractivity contribution in [3.8, 4) is 5.75 Å². The van der Waals surface area contributed by atoms with Gasteiger partial charge in [-0.15, -0.1) is 0 Å². The number of para-hydroxylation sites is 1. The number of ether oxygens (including phenoxy) is 1. The summed E-state index contributed by atoms with van der Waals surface area (Å²) in [6, 6.07) is 9.25. The summed E-state index contributed by atoms with van der Waals surface area (Å²) in [6.07, 6.45) is 4.92. The second-order valence-corrected chi connectivity index (χ2v) is 5.91. The zero-order valence-electron chi connectivity index (χ0n) is 12.4. The molecule has 0 aliphatic carbocycles. The molecular formula is C16H24HgO2. The van der Waals surface area contributed by atoms with E-state index < -0.39 is 0 Å². The minimum absolute atomic E-state index is 0. The molecule has 3 heteroatoms. The van der Waals surface area contributed by atoms with Crippen LogP contribution in [-0.2, 0) is 32.5 Å². The number of esters is 1. The van der Waals surface area contributed by atoms with Gasteiger partial charge in [-0.2, -0.15) is 0 Å². The molecule has 1 rings (SSSR count). The van der Waals surface area contributed by atoms with Gasteiger partial charge in [0.2, 0.25) is 0 Å². The van der Waals surface area contributed by atoms with Crippen molar-refractivity contribution >= 4 is 5.97 Å². The summed E-state index contributed by atoms with van der Waals surface area (Å²) in [4.78, 5) is 11.6. The van der Waals surface area contributed by atoms with Crippen molar-refractivity contribution in [1.82, 2.24) is 0 Å². The van der Waals surface area contributed by atoms with Crippen LogP contribution in [0, 0.1) is 5.41 Å². The van der Waals surface area contributed by atoms with E-state index in [4.69, 9.17) is 4.74 Å². The Labute approximate surface area is 137 Å². The van der Waals surface area contributed by atoms with Crippen molar-refractivity contribution in [2.75, 3.05) is 0 Å². The van der Waals surface area contributed by atoms with E-state index >= 15 is 0 Å². The first-order chi connectivity index (χ1) is 8.47. The van der Waals surface area contributed by atoms with Crippen molar-refractivity contribution in [2.45, 2.75) is 52.9 Å². The van der Waals surface area contributed by atoms with Gasteiger partial charge in [0, 0.05) is 34.1 Å². The quantitative estimate of drug-likeness (QED) is 0.275. The fraction of sp³-hybridized carbons (Fsp3) is 0.562. The molecule has 0 atom stereocenters. The number of rotatable bonds is 6. The third-order valence-electron chi connectivity index (χ3n) is 2.78. The number of benzene rings is 1. The van der Waals surface area contributed by atoms with Crippen molar-refractivity contribution in [3.05, 3.63) is 30.3 Å². The number of hydrogen-bond acceptors (Lipinski definition) is 2. The van der Waals surface area contributed by atoms with Crippen LogP contribution < -0.4 is 4.74 Å². The van der Waals surface area contributed by atoms with Crippen LogP contribution in [0.2, 0.25) is 0 Å². The third kappa shape index (κ3) is 10.1. The Kier molecular flexibility index (Phi) is 9.33. The molecule has 0 saturated heterocycles. The second kappa shape index (κ2) is 9.52. The van der Waals surface area contributed by atoms with Crippen LogP contribution >= 0.6 is 0 Å². The molecule has 0 aliphatic rings. The Balaban J connectivity index is 0.00000324. The summed E-state index contributed by atoms with van der Waals surface area (Å²) < 4.78 is 5.22. The average Bonchev–Trinajstić information content (AvgIpc) is 2.28. The molecule has 0 radical (unpaired) electrons. The fourth-order valence-corrected chi connectivity index (χ4v) is 1.77. The third-order valence-corrected chi connectivity index (χ3v) is 2.78. The molecule has 0 bridgehead atoms. The Morgan fingerprint density at radius 1 is 1.05 bits per heavy atom. The summed E-state index contributed by atoms with van der Waals surface area (Å²) in [6.45, 7) is 6.74. The zero-order valence-corrected chi connectivity index (χ0v) is 17.9. The summed E-state index contributed by atoms with van der Waals surface area (Å²) in [7, 11) is 0. The molecule has 0 aromatic heterocycles. The second-order valence-electron chi connectivity index (χ2n) is 5.91. The smallest absolute Gasteiger partial charge is 0.311 e. The van der Waals surface area contributed by atoms with Gasteiger partial charge >= 0.3 is 5.97 Å². The van der Waals surface area contributed by atoms with E-state index in [-0.39, 0.29) is 33.6 Å². The normalized spacial score (nSPS) is 10.7. The first-order valence-electron chi connectivity index (χ1n) is 6.73. The molecule has 0 aliphatic heterocycles. The Hall–Kier alpha value is -0.375. The molecule has 0 saturated carbocycles. The molecule has 0 amide bonds. The molecule has 0 N–H and O–H groups in total. The fourth-order valence-electron chi connectivity index (χ4n) is 1.77. The van der Waals surface area contributed by atoms with E-state index in [1.165, 1.54) is 12.8 Å². The molecule has 0 unspecified atom stereocenters. The van der Waals surface area contributed by atoms with Gasteiger partial charge in [0.1, 0.15) is 5.75 Å². The van der Waals surface area contributed by atoms with Crippen LogP contribution in [0.25, 0.3) is 0 Å². The largest absolute Gasteiger partial charge is 0.427 e. The Bertz CT molecular complexity index is 355. The molecule has 1 aromatic rings. The number of carbonyl (C=O) groups is 1. The van der Waals surface area contributed by atoms with E-state index in [9.17, 15) is 4.79 Å². The maximum Gasteiger partial charge on any atom is 0.311 e. The molecule has 0 spiro atoms. The van der Waals surface area contributed by atoms with Crippen LogP contribution in [0.15, 0.2) is 30.3 Å². The predicted molar refractivity (Wildman–Crippen MR) is 74.6 cm³/mol. The van der Waals surface area contributed by atoms with Crippen LogP contribution in [-0.4, -0.2) is 5.97 Å². The van der Waals surface area contributed by atoms with E-state index in [1.807, 2.05) is 18.2 Å². The monoisotopic (exact) mass is 450 g/mol. The molecule has 0 heterocycles. The van der Waals surface area contributed by atoms with Gasteiger partial charge in [-0.05, 0) is 30.4 Å².